The van der Waals surface area contributed by atoms with Crippen LogP contribution in [0.3, 0.4) is 0 Å². The molecule has 0 radical (unpaired) electrons. The number of carboxylic acids is 1. The van der Waals surface area contributed by atoms with Gasteiger partial charge in [-0.15, -0.1) is 0 Å². The molecule has 0 atom stereocenters. The maximum Gasteiger partial charge on any atom is 0.416 e. The SMILES string of the molecule is CNC.CS(=O)(=O)c1cc(C(F)(F)F)ccc1C(=O)c1cnoc1C1CC1.O=C(O)CNCP(=O)(O)O. The van der Waals surface area contributed by atoms with E-state index in [1.807, 2.05) is 14.1 Å². The van der Waals surface area contributed by atoms with Crippen LogP contribution in [0.1, 0.15) is 46.0 Å². The number of alkyl halides is 3. The van der Waals surface area contributed by atoms with Crippen molar-refractivity contribution in [2.75, 3.05) is 33.2 Å². The monoisotopic (exact) mass is 573 g/mol. The van der Waals surface area contributed by atoms with Crippen molar-refractivity contribution in [1.29, 1.82) is 0 Å². The lowest BCUT2D eigenvalue weighted by atomic mass is 10.0. The van der Waals surface area contributed by atoms with Gasteiger partial charge in [-0.05, 0) is 45.1 Å². The highest BCUT2D eigenvalue weighted by Gasteiger charge is 2.36. The number of aromatic nitrogens is 1. The highest BCUT2D eigenvalue weighted by atomic mass is 32.2. The molecule has 1 saturated carbocycles. The minimum atomic E-state index is -4.71. The molecule has 0 bridgehead atoms. The van der Waals surface area contributed by atoms with Gasteiger partial charge in [0.1, 0.15) is 0 Å². The molecule has 208 valence electrons. The summed E-state index contributed by atoms with van der Waals surface area (Å²) in [6, 6.07) is 2.05. The summed E-state index contributed by atoms with van der Waals surface area (Å²) in [6.45, 7) is -0.439. The first kappa shape index (κ1) is 32.4. The quantitative estimate of drug-likeness (QED) is 0.227. The van der Waals surface area contributed by atoms with Crippen LogP contribution in [0.25, 0.3) is 0 Å². The van der Waals surface area contributed by atoms with E-state index < -0.39 is 58.7 Å². The molecule has 17 heteroatoms. The van der Waals surface area contributed by atoms with E-state index in [4.69, 9.17) is 19.4 Å². The summed E-state index contributed by atoms with van der Waals surface area (Å²) in [4.78, 5) is 38.1. The van der Waals surface area contributed by atoms with E-state index in [-0.39, 0.29) is 17.0 Å². The van der Waals surface area contributed by atoms with Crippen molar-refractivity contribution >= 4 is 29.2 Å². The van der Waals surface area contributed by atoms with Crippen molar-refractivity contribution in [3.05, 3.63) is 46.8 Å². The van der Waals surface area contributed by atoms with E-state index in [9.17, 15) is 35.7 Å². The number of benzene rings is 1. The van der Waals surface area contributed by atoms with Crippen LogP contribution >= 0.6 is 7.60 Å². The first-order valence-electron chi connectivity index (χ1n) is 10.4. The van der Waals surface area contributed by atoms with Crippen molar-refractivity contribution in [2.45, 2.75) is 29.8 Å². The predicted molar refractivity (Wildman–Crippen MR) is 124 cm³/mol. The van der Waals surface area contributed by atoms with Crippen LogP contribution in [0.5, 0.6) is 0 Å². The number of rotatable bonds is 8. The fourth-order valence-corrected chi connectivity index (χ4v) is 4.01. The molecular weight excluding hydrogens is 546 g/mol. The average molecular weight is 573 g/mol. The molecular formula is C20H27F3N3O9PS. The molecule has 1 aromatic carbocycles. The zero-order chi connectivity index (χ0) is 28.6. The van der Waals surface area contributed by atoms with Crippen molar-refractivity contribution in [3.63, 3.8) is 0 Å². The van der Waals surface area contributed by atoms with Gasteiger partial charge < -0.3 is 24.7 Å². The van der Waals surface area contributed by atoms with Crippen LogP contribution in [0.15, 0.2) is 33.8 Å². The maximum atomic E-state index is 12.8. The van der Waals surface area contributed by atoms with E-state index in [1.54, 1.807) is 0 Å². The van der Waals surface area contributed by atoms with Crippen molar-refractivity contribution in [3.8, 4) is 0 Å². The minimum absolute atomic E-state index is 0.0441. The molecule has 0 aliphatic heterocycles. The molecule has 2 aromatic rings. The third-order valence-corrected chi connectivity index (χ3v) is 6.11. The second-order valence-corrected chi connectivity index (χ2v) is 11.5. The normalized spacial score (nSPS) is 13.6. The van der Waals surface area contributed by atoms with E-state index in [0.29, 0.717) is 17.9 Å². The van der Waals surface area contributed by atoms with Gasteiger partial charge in [-0.3, -0.25) is 19.5 Å². The smallest absolute Gasteiger partial charge is 0.416 e. The van der Waals surface area contributed by atoms with Crippen molar-refractivity contribution < 1.29 is 55.2 Å². The summed E-state index contributed by atoms with van der Waals surface area (Å²) in [7, 11) is -4.39. The molecule has 0 amide bonds. The number of nitrogens with one attached hydrogen (secondary N) is 2. The molecule has 1 fully saturated rings. The number of hydrogen-bond acceptors (Lipinski definition) is 9. The Morgan fingerprint density at radius 1 is 1.19 bits per heavy atom. The van der Waals surface area contributed by atoms with Gasteiger partial charge in [0, 0.05) is 17.7 Å². The topological polar surface area (TPSA) is 196 Å². The maximum absolute atomic E-state index is 12.8. The molecule has 3 rings (SSSR count). The number of carboxylic acid groups (broad SMARTS) is 1. The van der Waals surface area contributed by atoms with Gasteiger partial charge in [0.25, 0.3) is 0 Å². The Kier molecular flexibility index (Phi) is 11.6. The summed E-state index contributed by atoms with van der Waals surface area (Å²) in [5.74, 6) is -1.47. The van der Waals surface area contributed by atoms with Gasteiger partial charge in [0.2, 0.25) is 0 Å². The fraction of sp³-hybridized carbons (Fsp3) is 0.450. The Labute approximate surface area is 210 Å². The highest BCUT2D eigenvalue weighted by Crippen LogP contribution is 2.42. The highest BCUT2D eigenvalue weighted by molar-refractivity contribution is 7.90. The summed E-state index contributed by atoms with van der Waals surface area (Å²) >= 11 is 0. The molecule has 1 aromatic heterocycles. The molecule has 37 heavy (non-hydrogen) atoms. The van der Waals surface area contributed by atoms with E-state index in [0.717, 1.165) is 25.2 Å². The first-order chi connectivity index (χ1) is 16.9. The summed E-state index contributed by atoms with van der Waals surface area (Å²) in [5.41, 5.74) is -1.37. The second-order valence-electron chi connectivity index (χ2n) is 7.83. The Hall–Kier alpha value is -2.62. The van der Waals surface area contributed by atoms with Gasteiger partial charge in [0.05, 0.1) is 35.0 Å². The third-order valence-electron chi connectivity index (χ3n) is 4.34. The molecule has 0 saturated heterocycles. The van der Waals surface area contributed by atoms with Gasteiger partial charge in [-0.2, -0.15) is 13.2 Å². The Balaban J connectivity index is 0.000000443. The summed E-state index contributed by atoms with van der Waals surface area (Å²) in [5, 5.41) is 16.4. The molecule has 0 unspecified atom stereocenters. The molecule has 1 aliphatic carbocycles. The lowest BCUT2D eigenvalue weighted by molar-refractivity contribution is -0.138. The van der Waals surface area contributed by atoms with Gasteiger partial charge in [-0.1, -0.05) is 5.16 Å². The van der Waals surface area contributed by atoms with Crippen LogP contribution in [-0.4, -0.2) is 73.4 Å². The van der Waals surface area contributed by atoms with Crippen LogP contribution in [-0.2, 0) is 25.4 Å². The number of nitrogens with zero attached hydrogens (tertiary/aromatic N) is 1. The lowest BCUT2D eigenvalue weighted by Crippen LogP contribution is -2.23. The average Bonchev–Trinajstić information content (AvgIpc) is 3.47. The zero-order valence-electron chi connectivity index (χ0n) is 19.9. The third kappa shape index (κ3) is 11.1. The van der Waals surface area contributed by atoms with Crippen molar-refractivity contribution in [2.24, 2.45) is 0 Å². The number of sulfone groups is 1. The molecule has 12 nitrogen and oxygen atoms in total. The van der Waals surface area contributed by atoms with Crippen molar-refractivity contribution in [1.82, 2.24) is 15.8 Å². The standard InChI is InChI=1S/C15H12F3NO4S.C3H8NO5P.C2H7N/c1-24(21,22)12-6-9(15(16,17)18)4-5-10(12)13(20)11-7-19-23-14(11)8-2-3-8;5-3(6)1-4-2-10(7,8)9;1-3-2/h4-8H,2-3H2,1H3;4H,1-2H2,(H,5,6)(H2,7,8,9);3H,1-2H3. The number of ketones is 1. The zero-order valence-corrected chi connectivity index (χ0v) is 21.7. The molecule has 5 N–H and O–H groups in total. The van der Waals surface area contributed by atoms with Gasteiger partial charge in [-0.25, -0.2) is 8.42 Å². The molecule has 1 aliphatic rings. The number of halogens is 3. The predicted octanol–water partition coefficient (Wildman–Crippen LogP) is 1.84. The van der Waals surface area contributed by atoms with E-state index >= 15 is 0 Å². The number of carbonyl (C=O) groups is 2. The van der Waals surface area contributed by atoms with Gasteiger partial charge >= 0.3 is 19.7 Å². The fourth-order valence-electron chi connectivity index (χ4n) is 2.71. The van der Waals surface area contributed by atoms with E-state index in [1.165, 1.54) is 6.20 Å². The first-order valence-corrected chi connectivity index (χ1v) is 14.1. The summed E-state index contributed by atoms with van der Waals surface area (Å²) < 4.78 is 77.4. The largest absolute Gasteiger partial charge is 0.480 e. The molecule has 1 heterocycles. The van der Waals surface area contributed by atoms with Crippen LogP contribution in [0, 0.1) is 0 Å². The Morgan fingerprint density at radius 3 is 2.19 bits per heavy atom. The molecule has 0 spiro atoms. The van der Waals surface area contributed by atoms with Crippen LogP contribution in [0.2, 0.25) is 0 Å². The Bertz CT molecular complexity index is 1240. The van der Waals surface area contributed by atoms with Crippen LogP contribution in [0.4, 0.5) is 13.2 Å². The van der Waals surface area contributed by atoms with Gasteiger partial charge in [0.15, 0.2) is 21.4 Å². The number of carbonyl (C=O) groups excluding carboxylic acids is 1. The van der Waals surface area contributed by atoms with E-state index in [2.05, 4.69) is 15.8 Å². The van der Waals surface area contributed by atoms with Crippen LogP contribution < -0.4 is 10.6 Å². The lowest BCUT2D eigenvalue weighted by Gasteiger charge is -2.11. The summed E-state index contributed by atoms with van der Waals surface area (Å²) in [6.07, 6.45) is -1.74. The second kappa shape index (κ2) is 13.3. The Morgan fingerprint density at radius 2 is 1.76 bits per heavy atom. The number of hydrogen-bond donors (Lipinski definition) is 5. The number of aliphatic carboxylic acids is 1. The minimum Gasteiger partial charge on any atom is -0.480 e.